The normalized spacial score (nSPS) is 10.7. The van der Waals surface area contributed by atoms with E-state index >= 15 is 0 Å². The van der Waals surface area contributed by atoms with Crippen molar-refractivity contribution in [2.75, 3.05) is 11.5 Å². The van der Waals surface area contributed by atoms with Crippen LogP contribution in [0.2, 0.25) is 0 Å². The van der Waals surface area contributed by atoms with Crippen LogP contribution >= 0.6 is 11.8 Å². The van der Waals surface area contributed by atoms with Gasteiger partial charge in [-0.15, -0.1) is 0 Å². The fourth-order valence-electron chi connectivity index (χ4n) is 1.90. The zero-order valence-electron chi connectivity index (χ0n) is 10.6. The van der Waals surface area contributed by atoms with E-state index in [2.05, 4.69) is 11.9 Å². The molecule has 2 aromatic rings. The number of thioether (sulfide) groups is 1. The highest BCUT2D eigenvalue weighted by Crippen LogP contribution is 2.17. The quantitative estimate of drug-likeness (QED) is 0.744. The Hall–Kier alpha value is -1.35. The Morgan fingerprint density at radius 2 is 2.11 bits per heavy atom. The molecule has 0 amide bonds. The maximum absolute atomic E-state index is 11.9. The first-order chi connectivity index (χ1) is 8.81. The van der Waals surface area contributed by atoms with Crippen LogP contribution in [-0.4, -0.2) is 22.3 Å². The maximum Gasteiger partial charge on any atom is 0.147 e. The zero-order chi connectivity index (χ0) is 12.8. The van der Waals surface area contributed by atoms with E-state index < -0.39 is 0 Å². The number of fused-ring (bicyclic) bond motifs is 1. The smallest absolute Gasteiger partial charge is 0.147 e. The van der Waals surface area contributed by atoms with Crippen LogP contribution in [-0.2, 0) is 11.2 Å². The second-order valence-electron chi connectivity index (χ2n) is 4.26. The number of nitrogens with zero attached hydrogens (tertiary/aromatic N) is 1. The molecule has 0 saturated carbocycles. The molecule has 0 N–H and O–H groups in total. The van der Waals surface area contributed by atoms with Crippen LogP contribution < -0.4 is 0 Å². The minimum Gasteiger partial charge on any atom is -0.298 e. The zero-order valence-corrected chi connectivity index (χ0v) is 11.4. The molecule has 2 nitrogen and oxygen atoms in total. The Morgan fingerprint density at radius 1 is 1.28 bits per heavy atom. The largest absolute Gasteiger partial charge is 0.298 e. The van der Waals surface area contributed by atoms with E-state index in [1.165, 1.54) is 0 Å². The predicted molar refractivity (Wildman–Crippen MR) is 78.1 cm³/mol. The molecule has 0 saturated heterocycles. The van der Waals surface area contributed by atoms with E-state index in [0.29, 0.717) is 18.0 Å². The first kappa shape index (κ1) is 13.1. The summed E-state index contributed by atoms with van der Waals surface area (Å²) in [5.41, 5.74) is 2.05. The van der Waals surface area contributed by atoms with Crippen LogP contribution in [0.25, 0.3) is 10.9 Å². The summed E-state index contributed by atoms with van der Waals surface area (Å²) in [5, 5.41) is 1.09. The van der Waals surface area contributed by atoms with Crippen molar-refractivity contribution >= 4 is 28.4 Å². The van der Waals surface area contributed by atoms with Gasteiger partial charge in [0.25, 0.3) is 0 Å². The van der Waals surface area contributed by atoms with E-state index in [1.807, 2.05) is 30.3 Å². The van der Waals surface area contributed by atoms with Gasteiger partial charge in [-0.2, -0.15) is 11.8 Å². The molecule has 0 aliphatic rings. The molecule has 1 aromatic carbocycles. The molecular weight excluding hydrogens is 242 g/mol. The fourth-order valence-corrected chi connectivity index (χ4v) is 2.67. The summed E-state index contributed by atoms with van der Waals surface area (Å²) in [6.07, 6.45) is 3.42. The van der Waals surface area contributed by atoms with Gasteiger partial charge in [0.05, 0.1) is 11.3 Å². The highest BCUT2D eigenvalue weighted by atomic mass is 32.2. The lowest BCUT2D eigenvalue weighted by Gasteiger charge is -2.05. The summed E-state index contributed by atoms with van der Waals surface area (Å²) in [4.78, 5) is 16.2. The average molecular weight is 259 g/mol. The molecule has 94 valence electrons. The second kappa shape index (κ2) is 6.55. The third kappa shape index (κ3) is 3.33. The van der Waals surface area contributed by atoms with Gasteiger partial charge in [0.15, 0.2) is 0 Å². The Balaban J connectivity index is 2.09. The third-order valence-electron chi connectivity index (χ3n) is 2.74. The molecule has 1 heterocycles. The van der Waals surface area contributed by atoms with Gasteiger partial charge in [-0.3, -0.25) is 9.78 Å². The minimum atomic E-state index is 0.296. The summed E-state index contributed by atoms with van der Waals surface area (Å²) in [7, 11) is 0. The number of hydrogen-bond acceptors (Lipinski definition) is 3. The number of rotatable bonds is 6. The number of aromatic nitrogens is 1. The molecule has 0 unspecified atom stereocenters. The van der Waals surface area contributed by atoms with Crippen molar-refractivity contribution in [2.45, 2.75) is 19.8 Å². The van der Waals surface area contributed by atoms with Gasteiger partial charge in [0.1, 0.15) is 5.78 Å². The summed E-state index contributed by atoms with van der Waals surface area (Å²) in [6.45, 7) is 2.13. The van der Waals surface area contributed by atoms with E-state index in [4.69, 9.17) is 0 Å². The first-order valence-corrected chi connectivity index (χ1v) is 7.39. The van der Waals surface area contributed by atoms with Crippen molar-refractivity contribution in [2.24, 2.45) is 0 Å². The standard InChI is InChI=1S/C15H17NOS/c1-2-9-18-11-13(17)10-12-7-8-16-15-6-4-3-5-14(12)15/h3-8H,2,9-11H2,1H3. The van der Waals surface area contributed by atoms with Crippen LogP contribution in [0.1, 0.15) is 18.9 Å². The van der Waals surface area contributed by atoms with E-state index in [9.17, 15) is 4.79 Å². The van der Waals surface area contributed by atoms with E-state index in [-0.39, 0.29) is 0 Å². The van der Waals surface area contributed by atoms with Crippen molar-refractivity contribution < 1.29 is 4.79 Å². The molecule has 18 heavy (non-hydrogen) atoms. The Kier molecular flexibility index (Phi) is 4.76. The molecule has 0 aliphatic carbocycles. The number of para-hydroxylation sites is 1. The molecule has 3 heteroatoms. The molecule has 0 fully saturated rings. The molecule has 0 bridgehead atoms. The number of pyridine rings is 1. The SMILES string of the molecule is CCCSCC(=O)Cc1ccnc2ccccc12. The highest BCUT2D eigenvalue weighted by Gasteiger charge is 2.07. The number of Topliss-reactive ketones (excluding diaryl/α,β-unsaturated/α-hetero) is 1. The van der Waals surface area contributed by atoms with Crippen molar-refractivity contribution in [3.63, 3.8) is 0 Å². The Bertz CT molecular complexity index is 534. The monoisotopic (exact) mass is 259 g/mol. The first-order valence-electron chi connectivity index (χ1n) is 6.23. The van der Waals surface area contributed by atoms with Crippen molar-refractivity contribution in [1.29, 1.82) is 0 Å². The Labute approximate surface area is 112 Å². The van der Waals surface area contributed by atoms with E-state index in [0.717, 1.165) is 28.6 Å². The number of benzene rings is 1. The summed E-state index contributed by atoms with van der Waals surface area (Å²) < 4.78 is 0. The van der Waals surface area contributed by atoms with Gasteiger partial charge in [0.2, 0.25) is 0 Å². The number of ketones is 1. The summed E-state index contributed by atoms with van der Waals surface area (Å²) in [6, 6.07) is 9.92. The second-order valence-corrected chi connectivity index (χ2v) is 5.36. The van der Waals surface area contributed by atoms with Crippen molar-refractivity contribution in [1.82, 2.24) is 4.98 Å². The Morgan fingerprint density at radius 3 is 2.94 bits per heavy atom. The topological polar surface area (TPSA) is 30.0 Å². The van der Waals surface area contributed by atoms with Gasteiger partial charge in [-0.05, 0) is 29.9 Å². The van der Waals surface area contributed by atoms with Crippen molar-refractivity contribution in [3.05, 3.63) is 42.1 Å². The van der Waals surface area contributed by atoms with Crippen LogP contribution in [0.15, 0.2) is 36.5 Å². The van der Waals surface area contributed by atoms with Gasteiger partial charge in [0, 0.05) is 18.0 Å². The molecule has 0 radical (unpaired) electrons. The third-order valence-corrected chi connectivity index (χ3v) is 3.96. The number of hydrogen-bond donors (Lipinski definition) is 0. The lowest BCUT2D eigenvalue weighted by atomic mass is 10.0. The molecule has 2 rings (SSSR count). The van der Waals surface area contributed by atoms with Crippen molar-refractivity contribution in [3.8, 4) is 0 Å². The van der Waals surface area contributed by atoms with Gasteiger partial charge in [-0.25, -0.2) is 0 Å². The molecular formula is C15H17NOS. The van der Waals surface area contributed by atoms with Gasteiger partial charge in [-0.1, -0.05) is 25.1 Å². The van der Waals surface area contributed by atoms with Gasteiger partial charge < -0.3 is 0 Å². The predicted octanol–water partition coefficient (Wildman–Crippen LogP) is 3.49. The highest BCUT2D eigenvalue weighted by molar-refractivity contribution is 7.99. The molecule has 0 spiro atoms. The summed E-state index contributed by atoms with van der Waals surface area (Å²) >= 11 is 1.72. The summed E-state index contributed by atoms with van der Waals surface area (Å²) in [5.74, 6) is 1.97. The maximum atomic E-state index is 11.9. The minimum absolute atomic E-state index is 0.296. The molecule has 0 atom stereocenters. The van der Waals surface area contributed by atoms with Crippen LogP contribution in [0.3, 0.4) is 0 Å². The molecule has 1 aromatic heterocycles. The lowest BCUT2D eigenvalue weighted by molar-refractivity contribution is -0.115. The average Bonchev–Trinajstić information content (AvgIpc) is 2.39. The van der Waals surface area contributed by atoms with Crippen LogP contribution in [0.4, 0.5) is 0 Å². The number of carbonyl (C=O) groups is 1. The number of carbonyl (C=O) groups excluding carboxylic acids is 1. The molecule has 0 aliphatic heterocycles. The fraction of sp³-hybridized carbons (Fsp3) is 0.333. The van der Waals surface area contributed by atoms with Crippen LogP contribution in [0.5, 0.6) is 0 Å². The lowest BCUT2D eigenvalue weighted by Crippen LogP contribution is -2.06. The van der Waals surface area contributed by atoms with E-state index in [1.54, 1.807) is 18.0 Å². The van der Waals surface area contributed by atoms with Crippen LogP contribution in [0, 0.1) is 0 Å². The van der Waals surface area contributed by atoms with Gasteiger partial charge >= 0.3 is 0 Å².